The number of primary amides is 1. The Morgan fingerprint density at radius 1 is 1.32 bits per heavy atom. The number of carbonyl (C=O) groups excluding carboxylic acids is 3. The number of hydrogen-bond acceptors (Lipinski definition) is 4. The Balaban J connectivity index is 2.42. The van der Waals surface area contributed by atoms with Gasteiger partial charge in [0.2, 0.25) is 5.91 Å². The molecule has 0 aliphatic rings. The molecule has 0 bridgehead atoms. The molecule has 8 heteroatoms. The fraction of sp³-hybridized carbons (Fsp3) is 0.357. The molecule has 0 unspecified atom stereocenters. The zero-order chi connectivity index (χ0) is 16.5. The molecule has 120 valence electrons. The number of ether oxygens (including phenoxy) is 1. The molecule has 1 aromatic carbocycles. The minimum Gasteiger partial charge on any atom is -0.377 e. The number of hydrogen-bond donors (Lipinski definition) is 4. The van der Waals surface area contributed by atoms with Crippen LogP contribution in [0.25, 0.3) is 0 Å². The van der Waals surface area contributed by atoms with Crippen molar-refractivity contribution in [2.45, 2.75) is 19.4 Å². The predicted molar refractivity (Wildman–Crippen MR) is 81.2 cm³/mol. The Hall–Kier alpha value is -2.61. The molecule has 8 nitrogen and oxygen atoms in total. The van der Waals surface area contributed by atoms with E-state index in [4.69, 9.17) is 10.5 Å². The van der Waals surface area contributed by atoms with E-state index < -0.39 is 18.0 Å². The Kier molecular flexibility index (Phi) is 6.84. The van der Waals surface area contributed by atoms with Crippen molar-refractivity contribution in [3.8, 4) is 0 Å². The van der Waals surface area contributed by atoms with Gasteiger partial charge in [0.05, 0.1) is 6.10 Å². The van der Waals surface area contributed by atoms with E-state index in [0.29, 0.717) is 5.69 Å². The topological polar surface area (TPSA) is 123 Å². The molecule has 1 aromatic rings. The lowest BCUT2D eigenvalue weighted by atomic mass is 10.1. The van der Waals surface area contributed by atoms with Gasteiger partial charge in [-0.3, -0.25) is 10.1 Å². The summed E-state index contributed by atoms with van der Waals surface area (Å²) < 4.78 is 5.21. The first-order chi connectivity index (χ1) is 10.4. The number of anilines is 1. The molecule has 0 radical (unpaired) electrons. The van der Waals surface area contributed by atoms with Gasteiger partial charge in [-0.1, -0.05) is 12.1 Å². The zero-order valence-electron chi connectivity index (χ0n) is 12.5. The third kappa shape index (κ3) is 6.23. The van der Waals surface area contributed by atoms with Gasteiger partial charge in [-0.2, -0.15) is 0 Å². The second-order valence-corrected chi connectivity index (χ2v) is 4.55. The first kappa shape index (κ1) is 17.4. The molecule has 5 N–H and O–H groups in total. The van der Waals surface area contributed by atoms with Crippen molar-refractivity contribution in [1.82, 2.24) is 10.6 Å². The highest BCUT2D eigenvalue weighted by molar-refractivity contribution is 5.94. The standard InChI is InChI=1S/C14H20N4O4/c1-9(22-2)10-4-3-5-11(8-10)17-14(21)16-7-6-12(19)18-13(15)20/h3-5,8-9H,6-7H2,1-2H3,(H2,16,17,21)(H3,15,18,19,20)/t9-/m1/s1. The summed E-state index contributed by atoms with van der Waals surface area (Å²) in [6, 6.07) is 5.87. The average molecular weight is 308 g/mol. The summed E-state index contributed by atoms with van der Waals surface area (Å²) in [4.78, 5) is 33.3. The van der Waals surface area contributed by atoms with Gasteiger partial charge in [-0.15, -0.1) is 0 Å². The van der Waals surface area contributed by atoms with Crippen molar-refractivity contribution in [2.75, 3.05) is 19.0 Å². The fourth-order valence-corrected chi connectivity index (χ4v) is 1.67. The maximum Gasteiger partial charge on any atom is 0.319 e. The summed E-state index contributed by atoms with van der Waals surface area (Å²) >= 11 is 0. The molecule has 1 rings (SSSR count). The Labute approximate surface area is 128 Å². The van der Waals surface area contributed by atoms with Crippen LogP contribution < -0.4 is 21.7 Å². The van der Waals surface area contributed by atoms with E-state index >= 15 is 0 Å². The first-order valence-electron chi connectivity index (χ1n) is 6.69. The third-order valence-electron chi connectivity index (χ3n) is 2.87. The average Bonchev–Trinajstić information content (AvgIpc) is 2.45. The van der Waals surface area contributed by atoms with Crippen molar-refractivity contribution in [3.05, 3.63) is 29.8 Å². The molecule has 0 aliphatic heterocycles. The van der Waals surface area contributed by atoms with E-state index in [1.807, 2.05) is 18.3 Å². The van der Waals surface area contributed by atoms with Crippen molar-refractivity contribution in [1.29, 1.82) is 0 Å². The number of methoxy groups -OCH3 is 1. The third-order valence-corrected chi connectivity index (χ3v) is 2.87. The maximum absolute atomic E-state index is 11.7. The number of nitrogens with two attached hydrogens (primary N) is 1. The largest absolute Gasteiger partial charge is 0.377 e. The summed E-state index contributed by atoms with van der Waals surface area (Å²) in [7, 11) is 1.61. The van der Waals surface area contributed by atoms with Gasteiger partial charge in [0.25, 0.3) is 0 Å². The van der Waals surface area contributed by atoms with E-state index in [1.165, 1.54) is 0 Å². The fourth-order valence-electron chi connectivity index (χ4n) is 1.67. The van der Waals surface area contributed by atoms with Crippen LogP contribution in [0.5, 0.6) is 0 Å². The smallest absolute Gasteiger partial charge is 0.319 e. The SMILES string of the molecule is CO[C@H](C)c1cccc(NC(=O)NCCC(=O)NC(N)=O)c1. The van der Waals surface area contributed by atoms with Crippen LogP contribution in [0.15, 0.2) is 24.3 Å². The molecule has 0 fully saturated rings. The molecular formula is C14H20N4O4. The lowest BCUT2D eigenvalue weighted by molar-refractivity contribution is -0.119. The molecule has 0 aliphatic carbocycles. The number of benzene rings is 1. The monoisotopic (exact) mass is 308 g/mol. The number of imide groups is 1. The molecule has 0 saturated heterocycles. The quantitative estimate of drug-likeness (QED) is 0.628. The van der Waals surface area contributed by atoms with Crippen molar-refractivity contribution in [3.63, 3.8) is 0 Å². The number of carbonyl (C=O) groups is 3. The van der Waals surface area contributed by atoms with Gasteiger partial charge in [-0.05, 0) is 24.6 Å². The predicted octanol–water partition coefficient (Wildman–Crippen LogP) is 1.10. The van der Waals surface area contributed by atoms with E-state index in [0.717, 1.165) is 5.56 Å². The van der Waals surface area contributed by atoms with Crippen molar-refractivity contribution >= 4 is 23.7 Å². The summed E-state index contributed by atoms with van der Waals surface area (Å²) in [6.45, 7) is 1.98. The highest BCUT2D eigenvalue weighted by atomic mass is 16.5. The lowest BCUT2D eigenvalue weighted by Crippen LogP contribution is -2.38. The summed E-state index contributed by atoms with van der Waals surface area (Å²) in [5.74, 6) is -0.552. The van der Waals surface area contributed by atoms with Gasteiger partial charge in [-0.25, -0.2) is 9.59 Å². The second-order valence-electron chi connectivity index (χ2n) is 4.55. The first-order valence-corrected chi connectivity index (χ1v) is 6.69. The van der Waals surface area contributed by atoms with Gasteiger partial charge in [0.1, 0.15) is 0 Å². The van der Waals surface area contributed by atoms with Crippen LogP contribution >= 0.6 is 0 Å². The van der Waals surface area contributed by atoms with Gasteiger partial charge in [0.15, 0.2) is 0 Å². The molecule has 1 atom stereocenters. The Bertz CT molecular complexity index is 547. The van der Waals surface area contributed by atoms with Gasteiger partial charge < -0.3 is 21.1 Å². The maximum atomic E-state index is 11.7. The van der Waals surface area contributed by atoms with E-state index in [9.17, 15) is 14.4 Å². The summed E-state index contributed by atoms with van der Waals surface area (Å²) in [5, 5.41) is 7.06. The van der Waals surface area contributed by atoms with Gasteiger partial charge in [0, 0.05) is 25.8 Å². The van der Waals surface area contributed by atoms with E-state index in [2.05, 4.69) is 10.6 Å². The summed E-state index contributed by atoms with van der Waals surface area (Å²) in [6.07, 6.45) is -0.126. The van der Waals surface area contributed by atoms with E-state index in [-0.39, 0.29) is 19.1 Å². The molecule has 0 saturated carbocycles. The Morgan fingerprint density at radius 3 is 2.68 bits per heavy atom. The van der Waals surface area contributed by atoms with Crippen LogP contribution in [0, 0.1) is 0 Å². The number of amides is 5. The van der Waals surface area contributed by atoms with Crippen LogP contribution in [-0.4, -0.2) is 31.6 Å². The normalized spacial score (nSPS) is 11.4. The zero-order valence-corrected chi connectivity index (χ0v) is 12.5. The molecule has 5 amide bonds. The van der Waals surface area contributed by atoms with Crippen LogP contribution in [0.3, 0.4) is 0 Å². The van der Waals surface area contributed by atoms with Crippen LogP contribution in [0.4, 0.5) is 15.3 Å². The lowest BCUT2D eigenvalue weighted by Gasteiger charge is -2.12. The number of nitrogens with one attached hydrogen (secondary N) is 3. The van der Waals surface area contributed by atoms with Crippen molar-refractivity contribution in [2.24, 2.45) is 5.73 Å². The minimum absolute atomic E-state index is 0.0445. The van der Waals surface area contributed by atoms with E-state index in [1.54, 1.807) is 25.3 Å². The van der Waals surface area contributed by atoms with Crippen LogP contribution in [-0.2, 0) is 9.53 Å². The number of rotatable bonds is 6. The molecular weight excluding hydrogens is 288 g/mol. The summed E-state index contributed by atoms with van der Waals surface area (Å²) in [5.41, 5.74) is 6.34. The second kappa shape index (κ2) is 8.63. The Morgan fingerprint density at radius 2 is 2.05 bits per heavy atom. The molecule has 22 heavy (non-hydrogen) atoms. The van der Waals surface area contributed by atoms with Crippen LogP contribution in [0.1, 0.15) is 25.0 Å². The van der Waals surface area contributed by atoms with Crippen LogP contribution in [0.2, 0.25) is 0 Å². The number of urea groups is 2. The van der Waals surface area contributed by atoms with Crippen molar-refractivity contribution < 1.29 is 19.1 Å². The molecule has 0 spiro atoms. The highest BCUT2D eigenvalue weighted by Crippen LogP contribution is 2.19. The minimum atomic E-state index is -0.918. The highest BCUT2D eigenvalue weighted by Gasteiger charge is 2.08. The van der Waals surface area contributed by atoms with Gasteiger partial charge >= 0.3 is 12.1 Å². The molecule has 0 heterocycles. The molecule has 0 aromatic heterocycles.